The number of likely N-dealkylation sites (tertiary alicyclic amines) is 1. The molecule has 530 valence electrons. The lowest BCUT2D eigenvalue weighted by Gasteiger charge is -2.47. The predicted molar refractivity (Wildman–Crippen MR) is 329 cm³/mol. The number of nitrogens with one attached hydrogen (secondary N) is 7. The number of carbonyl (C=O) groups excluding carboxylic acids is 8. The second kappa shape index (κ2) is 34.0. The van der Waals surface area contributed by atoms with Crippen LogP contribution in [0.15, 0.2) is 23.3 Å². The Morgan fingerprint density at radius 3 is 2.12 bits per heavy atom. The number of nitrogens with two attached hydrogens (primary N) is 4. The van der Waals surface area contributed by atoms with E-state index in [1.165, 1.54) is 50.4 Å². The molecule has 7 rings (SSSR count). The Morgan fingerprint density at radius 2 is 1.49 bits per heavy atom. The molecule has 8 amide bonds. The number of β-lactam (4-membered cyclic amide) rings is 1. The number of aromatic nitrogens is 6. The number of nitrogens with zero attached hydrogens (tertiary/aromatic N) is 6. The maximum absolute atomic E-state index is 15.2. The first-order valence-corrected chi connectivity index (χ1v) is 31.8. The number of hydrogen-bond acceptors (Lipinski definition) is 32. The van der Waals surface area contributed by atoms with Crippen molar-refractivity contribution < 1.29 is 108 Å². The number of carbonyl (C=O) groups is 8. The highest BCUT2D eigenvalue weighted by atomic mass is 32.1. The molecule has 0 radical (unpaired) electrons. The van der Waals surface area contributed by atoms with Crippen molar-refractivity contribution in [3.05, 3.63) is 56.8 Å². The number of thiazole rings is 2. The fraction of sp³-hybridized carbons (Fsp3) is 0.618. The fourth-order valence-corrected chi connectivity index (χ4v) is 11.8. The maximum Gasteiger partial charge on any atom is 0.404 e. The molecule has 0 saturated carbocycles. The van der Waals surface area contributed by atoms with Crippen LogP contribution in [0.5, 0.6) is 0 Å². The van der Waals surface area contributed by atoms with Gasteiger partial charge in [0.15, 0.2) is 24.5 Å². The largest absolute Gasteiger partial charge is 0.441 e. The molecule has 3 aliphatic rings. The van der Waals surface area contributed by atoms with E-state index in [-0.39, 0.29) is 54.5 Å². The number of aliphatic hydroxyl groups excluding tert-OH is 9. The number of H-pyrrole nitrogens is 1. The molecule has 4 aromatic heterocycles. The molecule has 3 aliphatic heterocycles. The Labute approximate surface area is 554 Å². The van der Waals surface area contributed by atoms with Crippen LogP contribution in [0.1, 0.15) is 89.3 Å². The quantitative estimate of drug-likeness (QED) is 0.0156. The highest BCUT2D eigenvalue weighted by Crippen LogP contribution is 2.36. The lowest BCUT2D eigenvalue weighted by atomic mass is 9.96. The van der Waals surface area contributed by atoms with E-state index in [0.29, 0.717) is 35.3 Å². The van der Waals surface area contributed by atoms with Gasteiger partial charge in [0.1, 0.15) is 101 Å². The van der Waals surface area contributed by atoms with Gasteiger partial charge < -0.3 is 134 Å². The summed E-state index contributed by atoms with van der Waals surface area (Å²) < 4.78 is 28.7. The molecule has 12 unspecified atom stereocenters. The summed E-state index contributed by atoms with van der Waals surface area (Å²) in [6.07, 6.45) is -25.2. The second-order valence-electron chi connectivity index (χ2n) is 23.0. The smallest absolute Gasteiger partial charge is 0.404 e. The van der Waals surface area contributed by atoms with Gasteiger partial charge in [0.2, 0.25) is 29.5 Å². The maximum atomic E-state index is 15.2. The number of primary amides is 2. The van der Waals surface area contributed by atoms with Crippen molar-refractivity contribution in [1.29, 1.82) is 0 Å². The minimum Gasteiger partial charge on any atom is -0.441 e. The SMILES string of the molecule is Cc1c(N)nc(C2CC(=O)N2C[C@H](N)C(N)=O)nc1C(=O)N[C@H](C(=O)N[C@H](C)[C@@H](O)[C@H](C)C(=O)N[C@H](C(=O)NCCc1nc(-c2nc(C(=O)NCCNCC(C)O)cs2)cs1)[C@@H](C)O)[C@@H](OC1OC(CO)C(O)C(O)C1OC1OC(CO)C(O)C(OC(N)=O)C1O)c1cnc[nH]1. The molecule has 0 bridgehead atoms. The number of rotatable bonds is 33. The van der Waals surface area contributed by atoms with Gasteiger partial charge in [-0.05, 0) is 27.7 Å². The monoisotopic (exact) mass is 1400 g/mol. The molecule has 4 aromatic rings. The first kappa shape index (κ1) is 75.7. The van der Waals surface area contributed by atoms with Crippen molar-refractivity contribution in [2.24, 2.45) is 23.1 Å². The number of amides is 8. The fourth-order valence-electron chi connectivity index (χ4n) is 10.2. The number of ether oxygens (including phenoxy) is 5. The summed E-state index contributed by atoms with van der Waals surface area (Å²) in [5.74, 6) is -8.08. The standard InChI is InChI=1S/C55H81N17O22S2/c1-19(75)11-60-8-9-63-48(85)26-16-96-52(67-26)27-17-95-31(66-27)6-7-62-49(86)34(23(5)76)69-47(84)21(3)36(78)22(4)65-51(88)35(70-50(87)33-20(2)44(57)71-46(68-33)28-10-32(77)72(28)13-24(56)45(58)83)41(25-12-61-18-64-25)92-54-43(39(81)37(79)29(14-73)91-54)93-53-40(82)42(94-55(59)89)38(80)30(15-74)90-53/h12,16-19,21-24,28-30,34-43,53-54,60,73-76,78-82H,6-11,13-15,56H2,1-5H3,(H2,58,83)(H2,59,89)(H,61,64)(H,62,86)(H,63,85)(H,65,88)(H,69,84)(H,70,87)(H2,57,68,71)/t19?,21-,22+,23+,24-,28?,29?,30?,34-,35-,36-,37?,38?,39?,40?,41-,42?,43?,53?,54?/m0/s1. The summed E-state index contributed by atoms with van der Waals surface area (Å²) in [4.78, 5) is 132. The van der Waals surface area contributed by atoms with Crippen LogP contribution in [0, 0.1) is 12.8 Å². The van der Waals surface area contributed by atoms with Gasteiger partial charge in [-0.3, -0.25) is 33.6 Å². The zero-order chi connectivity index (χ0) is 70.6. The van der Waals surface area contributed by atoms with Crippen LogP contribution in [-0.4, -0.2) is 278 Å². The zero-order valence-electron chi connectivity index (χ0n) is 52.4. The van der Waals surface area contributed by atoms with Crippen LogP contribution in [0.25, 0.3) is 10.7 Å². The van der Waals surface area contributed by atoms with Gasteiger partial charge in [-0.15, -0.1) is 22.7 Å². The van der Waals surface area contributed by atoms with Gasteiger partial charge in [-0.2, -0.15) is 0 Å². The minimum atomic E-state index is -2.19. The molecular weight excluding hydrogens is 1310 g/mol. The van der Waals surface area contributed by atoms with E-state index in [1.54, 1.807) is 17.7 Å². The number of aromatic amines is 1. The lowest BCUT2D eigenvalue weighted by molar-refractivity contribution is -0.372. The van der Waals surface area contributed by atoms with Crippen molar-refractivity contribution in [2.45, 2.75) is 163 Å². The normalized spacial score (nSPS) is 25.5. The van der Waals surface area contributed by atoms with Crippen LogP contribution in [0.3, 0.4) is 0 Å². The molecule has 3 fully saturated rings. The molecule has 3 saturated heterocycles. The molecule has 20 atom stereocenters. The molecule has 96 heavy (non-hydrogen) atoms. The molecule has 0 aromatic carbocycles. The predicted octanol–water partition coefficient (Wildman–Crippen LogP) is -8.23. The first-order chi connectivity index (χ1) is 45.4. The highest BCUT2D eigenvalue weighted by Gasteiger charge is 2.54. The first-order valence-electron chi connectivity index (χ1n) is 30.1. The summed E-state index contributed by atoms with van der Waals surface area (Å²) in [6, 6.07) is -7.54. The summed E-state index contributed by atoms with van der Waals surface area (Å²) in [7, 11) is 0. The summed E-state index contributed by atoms with van der Waals surface area (Å²) in [5, 5.41) is 117. The number of aliphatic hydroxyl groups is 9. The second-order valence-corrected chi connectivity index (χ2v) is 24.8. The van der Waals surface area contributed by atoms with Crippen molar-refractivity contribution in [1.82, 2.24) is 66.7 Å². The lowest BCUT2D eigenvalue weighted by Crippen LogP contribution is -2.65. The summed E-state index contributed by atoms with van der Waals surface area (Å²) in [5.41, 5.74) is 22.6. The van der Waals surface area contributed by atoms with Gasteiger partial charge >= 0.3 is 6.09 Å². The molecule has 24 N–H and O–H groups in total. The molecular formula is C55H81N17O22S2. The average molecular weight is 1400 g/mol. The van der Waals surface area contributed by atoms with Gasteiger partial charge in [0.05, 0.1) is 73.1 Å². The Bertz CT molecular complexity index is 3330. The third kappa shape index (κ3) is 18.7. The van der Waals surface area contributed by atoms with Crippen LogP contribution in [0.2, 0.25) is 0 Å². The highest BCUT2D eigenvalue weighted by molar-refractivity contribution is 7.14. The van der Waals surface area contributed by atoms with Crippen molar-refractivity contribution >= 4 is 75.9 Å². The number of hydrogen-bond donors (Lipinski definition) is 20. The molecule has 7 heterocycles. The minimum absolute atomic E-state index is 0.0196. The van der Waals surface area contributed by atoms with Crippen molar-refractivity contribution in [2.75, 3.05) is 51.7 Å². The van der Waals surface area contributed by atoms with E-state index >= 15 is 4.79 Å². The average Bonchev–Trinajstić information content (AvgIpc) is 0.897. The summed E-state index contributed by atoms with van der Waals surface area (Å²) in [6.45, 7) is 5.41. The number of imidazole rings is 1. The van der Waals surface area contributed by atoms with Gasteiger partial charge in [0.25, 0.3) is 11.8 Å². The van der Waals surface area contributed by atoms with E-state index in [9.17, 15) is 79.5 Å². The van der Waals surface area contributed by atoms with E-state index in [4.69, 9.17) is 46.6 Å². The Kier molecular flexibility index (Phi) is 26.8. The number of nitrogen functional groups attached to an aromatic ring is 1. The Balaban J connectivity index is 1.11. The van der Waals surface area contributed by atoms with Gasteiger partial charge in [-0.1, -0.05) is 6.92 Å². The molecule has 39 nitrogen and oxygen atoms in total. The van der Waals surface area contributed by atoms with Crippen molar-refractivity contribution in [3.63, 3.8) is 0 Å². The topological polar surface area (TPSA) is 625 Å². The molecule has 41 heteroatoms. The van der Waals surface area contributed by atoms with Crippen molar-refractivity contribution in [3.8, 4) is 10.7 Å². The van der Waals surface area contributed by atoms with Gasteiger partial charge in [-0.25, -0.2) is 29.7 Å². The van der Waals surface area contributed by atoms with Crippen LogP contribution < -0.4 is 54.8 Å². The third-order valence-corrected chi connectivity index (χ3v) is 17.5. The van der Waals surface area contributed by atoms with Crippen LogP contribution >= 0.6 is 22.7 Å². The van der Waals surface area contributed by atoms with Crippen LogP contribution in [0.4, 0.5) is 10.6 Å². The Morgan fingerprint density at radius 1 is 0.792 bits per heavy atom. The molecule has 0 spiro atoms. The Hall–Kier alpha value is -7.69. The zero-order valence-corrected chi connectivity index (χ0v) is 54.0. The number of anilines is 1. The third-order valence-electron chi connectivity index (χ3n) is 15.7. The molecule has 0 aliphatic carbocycles. The van der Waals surface area contributed by atoms with E-state index in [0.717, 1.165) is 17.4 Å². The summed E-state index contributed by atoms with van der Waals surface area (Å²) >= 11 is 2.46. The van der Waals surface area contributed by atoms with Crippen LogP contribution in [-0.2, 0) is 54.1 Å². The van der Waals surface area contributed by atoms with E-state index in [1.807, 2.05) is 0 Å². The van der Waals surface area contributed by atoms with E-state index in [2.05, 4.69) is 61.8 Å². The van der Waals surface area contributed by atoms with E-state index < -0.39 is 188 Å². The van der Waals surface area contributed by atoms with Gasteiger partial charge in [0, 0.05) is 55.5 Å².